The van der Waals surface area contributed by atoms with Crippen LogP contribution in [0.4, 0.5) is 0 Å². The van der Waals surface area contributed by atoms with E-state index in [1.807, 2.05) is 20.8 Å². The van der Waals surface area contributed by atoms with Crippen molar-refractivity contribution in [3.63, 3.8) is 0 Å². The Balaban J connectivity index is 2.02. The van der Waals surface area contributed by atoms with Gasteiger partial charge in [0, 0.05) is 12.5 Å². The molecule has 0 saturated carbocycles. The number of allylic oxidation sites excluding steroid dienone is 1. The molecule has 102 valence electrons. The number of hydrogen-bond acceptors (Lipinski definition) is 3. The molecule has 0 amide bonds. The summed E-state index contributed by atoms with van der Waals surface area (Å²) in [5.74, 6) is 1.56. The molecule has 0 N–H and O–H groups in total. The fourth-order valence-corrected chi connectivity index (χ4v) is 2.72. The minimum atomic E-state index is -0.376. The number of nitrogens with zero attached hydrogens (tertiary/aromatic N) is 1. The van der Waals surface area contributed by atoms with E-state index >= 15 is 0 Å². The molecule has 0 radical (unpaired) electrons. The molecule has 1 aliphatic carbocycles. The maximum atomic E-state index is 12.1. The number of fused-ring (bicyclic) bond motifs is 1. The van der Waals surface area contributed by atoms with Gasteiger partial charge in [-0.3, -0.25) is 9.69 Å². The van der Waals surface area contributed by atoms with Gasteiger partial charge in [0.25, 0.3) is 0 Å². The topological polar surface area (TPSA) is 29.5 Å². The second-order valence-corrected chi connectivity index (χ2v) is 6.32. The molecule has 1 heterocycles. The van der Waals surface area contributed by atoms with Crippen LogP contribution in [0.15, 0.2) is 11.8 Å². The third-order valence-electron chi connectivity index (χ3n) is 4.62. The van der Waals surface area contributed by atoms with Crippen molar-refractivity contribution in [1.82, 2.24) is 4.90 Å². The van der Waals surface area contributed by atoms with Crippen LogP contribution in [0.1, 0.15) is 46.5 Å². The molecule has 2 unspecified atom stereocenters. The predicted molar refractivity (Wildman–Crippen MR) is 72.0 cm³/mol. The first kappa shape index (κ1) is 13.6. The average molecular weight is 251 g/mol. The molecule has 2 rings (SSSR count). The van der Waals surface area contributed by atoms with Crippen molar-refractivity contribution in [2.24, 2.45) is 11.3 Å². The van der Waals surface area contributed by atoms with Gasteiger partial charge in [0.1, 0.15) is 5.76 Å². The average Bonchev–Trinajstić information content (AvgIpc) is 2.71. The zero-order valence-corrected chi connectivity index (χ0v) is 12.0. The Hall–Kier alpha value is -0.830. The third kappa shape index (κ3) is 2.61. The Labute approximate surface area is 110 Å². The summed E-state index contributed by atoms with van der Waals surface area (Å²) < 4.78 is 5.60. The minimum absolute atomic E-state index is 0.0876. The largest absolute Gasteiger partial charge is 0.431 e. The fourth-order valence-electron chi connectivity index (χ4n) is 2.72. The summed E-state index contributed by atoms with van der Waals surface area (Å²) in [6.45, 7) is 7.08. The quantitative estimate of drug-likeness (QED) is 0.722. The van der Waals surface area contributed by atoms with E-state index in [-0.39, 0.29) is 11.4 Å². The molecule has 1 aliphatic heterocycles. The van der Waals surface area contributed by atoms with Crippen molar-refractivity contribution in [2.75, 3.05) is 13.6 Å². The van der Waals surface area contributed by atoms with Gasteiger partial charge < -0.3 is 4.74 Å². The standard InChI is InChI=1S/C15H25NO2/c1-5-15(2,3)14(17)18-12-7-6-11-8-9-16(4)13(11)10-12/h10-11,13H,5-9H2,1-4H3. The molecule has 3 heteroatoms. The Morgan fingerprint density at radius 1 is 1.50 bits per heavy atom. The summed E-state index contributed by atoms with van der Waals surface area (Å²) in [5.41, 5.74) is -0.376. The SMILES string of the molecule is CCC(C)(C)C(=O)OC1=CC2C(CC1)CCN2C. The van der Waals surface area contributed by atoms with Crippen molar-refractivity contribution in [1.29, 1.82) is 0 Å². The van der Waals surface area contributed by atoms with E-state index < -0.39 is 0 Å². The number of ether oxygens (including phenoxy) is 1. The van der Waals surface area contributed by atoms with E-state index in [1.165, 1.54) is 6.42 Å². The van der Waals surface area contributed by atoms with Crippen LogP contribution in [0, 0.1) is 11.3 Å². The van der Waals surface area contributed by atoms with Crippen LogP contribution in [0.25, 0.3) is 0 Å². The highest BCUT2D eigenvalue weighted by atomic mass is 16.5. The summed E-state index contributed by atoms with van der Waals surface area (Å²) >= 11 is 0. The first-order valence-corrected chi connectivity index (χ1v) is 7.07. The molecular weight excluding hydrogens is 226 g/mol. The number of carbonyl (C=O) groups excluding carboxylic acids is 1. The molecule has 3 nitrogen and oxygen atoms in total. The molecule has 0 aromatic carbocycles. The number of hydrogen-bond donors (Lipinski definition) is 0. The molecule has 0 spiro atoms. The van der Waals surface area contributed by atoms with Crippen molar-refractivity contribution in [3.8, 4) is 0 Å². The maximum Gasteiger partial charge on any atom is 0.316 e. The second kappa shape index (κ2) is 5.04. The van der Waals surface area contributed by atoms with Crippen LogP contribution in [-0.4, -0.2) is 30.5 Å². The molecule has 1 fully saturated rings. The molecule has 0 aromatic rings. The second-order valence-electron chi connectivity index (χ2n) is 6.32. The first-order valence-electron chi connectivity index (χ1n) is 7.07. The van der Waals surface area contributed by atoms with Gasteiger partial charge in [0.2, 0.25) is 0 Å². The zero-order valence-electron chi connectivity index (χ0n) is 12.0. The summed E-state index contributed by atoms with van der Waals surface area (Å²) in [7, 11) is 2.15. The molecule has 0 bridgehead atoms. The minimum Gasteiger partial charge on any atom is -0.431 e. The normalized spacial score (nSPS) is 28.8. The van der Waals surface area contributed by atoms with Gasteiger partial charge in [-0.1, -0.05) is 6.92 Å². The van der Waals surface area contributed by atoms with Gasteiger partial charge in [-0.15, -0.1) is 0 Å². The number of esters is 1. The van der Waals surface area contributed by atoms with E-state index in [0.717, 1.165) is 37.5 Å². The lowest BCUT2D eigenvalue weighted by molar-refractivity contribution is -0.150. The van der Waals surface area contributed by atoms with Gasteiger partial charge in [0.15, 0.2) is 0 Å². The number of likely N-dealkylation sites (tertiary alicyclic amines) is 1. The number of likely N-dealkylation sites (N-methyl/N-ethyl adjacent to an activating group) is 1. The number of carbonyl (C=O) groups is 1. The first-order chi connectivity index (χ1) is 8.44. The fraction of sp³-hybridized carbons (Fsp3) is 0.800. The Morgan fingerprint density at radius 2 is 2.22 bits per heavy atom. The van der Waals surface area contributed by atoms with E-state index in [9.17, 15) is 4.79 Å². The predicted octanol–water partition coefficient (Wildman–Crippen LogP) is 2.96. The molecule has 18 heavy (non-hydrogen) atoms. The lowest BCUT2D eigenvalue weighted by Gasteiger charge is -2.29. The number of rotatable bonds is 3. The molecule has 2 aliphatic rings. The van der Waals surface area contributed by atoms with Gasteiger partial charge in [-0.05, 0) is 58.7 Å². The van der Waals surface area contributed by atoms with Crippen LogP contribution in [0.5, 0.6) is 0 Å². The maximum absolute atomic E-state index is 12.1. The van der Waals surface area contributed by atoms with E-state index in [2.05, 4.69) is 18.0 Å². The molecule has 2 atom stereocenters. The molecular formula is C15H25NO2. The van der Waals surface area contributed by atoms with E-state index in [4.69, 9.17) is 4.74 Å². The monoisotopic (exact) mass is 251 g/mol. The Morgan fingerprint density at radius 3 is 2.89 bits per heavy atom. The van der Waals surface area contributed by atoms with Gasteiger partial charge in [-0.2, -0.15) is 0 Å². The van der Waals surface area contributed by atoms with E-state index in [0.29, 0.717) is 6.04 Å². The highest BCUT2D eigenvalue weighted by Gasteiger charge is 2.35. The van der Waals surface area contributed by atoms with Crippen LogP contribution >= 0.6 is 0 Å². The third-order valence-corrected chi connectivity index (χ3v) is 4.62. The van der Waals surface area contributed by atoms with E-state index in [1.54, 1.807) is 0 Å². The van der Waals surface area contributed by atoms with Gasteiger partial charge in [0.05, 0.1) is 5.41 Å². The lowest BCUT2D eigenvalue weighted by atomic mass is 9.88. The highest BCUT2D eigenvalue weighted by molar-refractivity contribution is 5.76. The Kier molecular flexibility index (Phi) is 3.81. The van der Waals surface area contributed by atoms with Crippen molar-refractivity contribution in [2.45, 2.75) is 52.5 Å². The Bertz CT molecular complexity index is 360. The van der Waals surface area contributed by atoms with Crippen LogP contribution < -0.4 is 0 Å². The zero-order chi connectivity index (χ0) is 13.3. The van der Waals surface area contributed by atoms with Crippen molar-refractivity contribution < 1.29 is 9.53 Å². The molecule has 1 saturated heterocycles. The van der Waals surface area contributed by atoms with Crippen LogP contribution in [-0.2, 0) is 9.53 Å². The summed E-state index contributed by atoms with van der Waals surface area (Å²) in [6, 6.07) is 0.478. The summed E-state index contributed by atoms with van der Waals surface area (Å²) in [6.07, 6.45) is 6.33. The van der Waals surface area contributed by atoms with Crippen molar-refractivity contribution >= 4 is 5.97 Å². The smallest absolute Gasteiger partial charge is 0.316 e. The van der Waals surface area contributed by atoms with Crippen molar-refractivity contribution in [3.05, 3.63) is 11.8 Å². The highest BCUT2D eigenvalue weighted by Crippen LogP contribution is 2.35. The lowest BCUT2D eigenvalue weighted by Crippen LogP contribution is -2.32. The van der Waals surface area contributed by atoms with Crippen LogP contribution in [0.3, 0.4) is 0 Å². The summed E-state index contributed by atoms with van der Waals surface area (Å²) in [4.78, 5) is 14.4. The molecule has 0 aromatic heterocycles. The summed E-state index contributed by atoms with van der Waals surface area (Å²) in [5, 5.41) is 0. The van der Waals surface area contributed by atoms with Crippen LogP contribution in [0.2, 0.25) is 0 Å². The van der Waals surface area contributed by atoms with Gasteiger partial charge in [-0.25, -0.2) is 0 Å². The van der Waals surface area contributed by atoms with Gasteiger partial charge >= 0.3 is 5.97 Å².